The summed E-state index contributed by atoms with van der Waals surface area (Å²) >= 11 is 0. The summed E-state index contributed by atoms with van der Waals surface area (Å²) in [7, 11) is 0. The maximum absolute atomic E-state index is 5.45. The van der Waals surface area contributed by atoms with Crippen molar-refractivity contribution in [1.29, 1.82) is 0 Å². The molecule has 0 aliphatic rings. The molecule has 0 saturated carbocycles. The third-order valence-corrected chi connectivity index (χ3v) is 2.23. The van der Waals surface area contributed by atoms with Gasteiger partial charge in [0, 0.05) is 6.61 Å². The van der Waals surface area contributed by atoms with Crippen LogP contribution < -0.4 is 5.32 Å². The monoisotopic (exact) mass is 201 g/mol. The molecule has 0 aromatic heterocycles. The van der Waals surface area contributed by atoms with Crippen molar-refractivity contribution >= 4 is 0 Å². The largest absolute Gasteiger partial charge is 0.381 e. The maximum Gasteiger partial charge on any atom is 0.0517 e. The zero-order valence-electron chi connectivity index (χ0n) is 10.5. The number of hydrogen-bond donors (Lipinski definition) is 1. The quantitative estimate of drug-likeness (QED) is 0.610. The van der Waals surface area contributed by atoms with Crippen LogP contribution in [0.3, 0.4) is 0 Å². The number of hydrogen-bond acceptors (Lipinski definition) is 2. The first-order valence-electron chi connectivity index (χ1n) is 5.76. The summed E-state index contributed by atoms with van der Waals surface area (Å²) in [5.74, 6) is 0.741. The van der Waals surface area contributed by atoms with Gasteiger partial charge in [-0.2, -0.15) is 0 Å². The van der Waals surface area contributed by atoms with E-state index in [1.54, 1.807) is 0 Å². The van der Waals surface area contributed by atoms with Gasteiger partial charge < -0.3 is 10.1 Å². The molecule has 86 valence electrons. The first kappa shape index (κ1) is 13.9. The van der Waals surface area contributed by atoms with Gasteiger partial charge in [-0.15, -0.1) is 0 Å². The summed E-state index contributed by atoms with van der Waals surface area (Å²) in [6.45, 7) is 14.9. The Morgan fingerprint density at radius 2 is 1.93 bits per heavy atom. The highest BCUT2D eigenvalue weighted by Crippen LogP contribution is 2.19. The van der Waals surface area contributed by atoms with E-state index < -0.39 is 0 Å². The maximum atomic E-state index is 5.45. The normalized spacial score (nSPS) is 12.4. The molecule has 0 spiro atoms. The van der Waals surface area contributed by atoms with Crippen LogP contribution >= 0.6 is 0 Å². The fraction of sp³-hybridized carbons (Fsp3) is 1.00. The smallest absolute Gasteiger partial charge is 0.0517 e. The van der Waals surface area contributed by atoms with Gasteiger partial charge in [-0.3, -0.25) is 0 Å². The number of rotatable bonds is 8. The first-order chi connectivity index (χ1) is 6.48. The second kappa shape index (κ2) is 7.24. The lowest BCUT2D eigenvalue weighted by Gasteiger charge is -2.24. The van der Waals surface area contributed by atoms with Crippen molar-refractivity contribution in [1.82, 2.24) is 5.32 Å². The lowest BCUT2D eigenvalue weighted by atomic mass is 9.90. The van der Waals surface area contributed by atoms with Gasteiger partial charge in [0.25, 0.3) is 0 Å². The predicted molar refractivity (Wildman–Crippen MR) is 62.6 cm³/mol. The van der Waals surface area contributed by atoms with Crippen molar-refractivity contribution in [3.8, 4) is 0 Å². The second-order valence-corrected chi connectivity index (χ2v) is 5.15. The Morgan fingerprint density at radius 1 is 1.29 bits per heavy atom. The Labute approximate surface area is 89.4 Å². The number of ether oxygens (including phenoxy) is 1. The van der Waals surface area contributed by atoms with Crippen molar-refractivity contribution < 1.29 is 4.74 Å². The molecule has 0 heterocycles. The Morgan fingerprint density at radius 3 is 2.43 bits per heavy atom. The molecular weight excluding hydrogens is 174 g/mol. The minimum atomic E-state index is 0.306. The Balaban J connectivity index is 3.44. The van der Waals surface area contributed by atoms with E-state index in [0.717, 1.165) is 32.2 Å². The van der Waals surface area contributed by atoms with E-state index in [1.807, 2.05) is 6.92 Å². The number of nitrogens with one attached hydrogen (secondary N) is 1. The molecular formula is C12H27NO. The van der Waals surface area contributed by atoms with E-state index >= 15 is 0 Å². The summed E-state index contributed by atoms with van der Waals surface area (Å²) in [4.78, 5) is 0. The average molecular weight is 201 g/mol. The van der Waals surface area contributed by atoms with Crippen LogP contribution in [0.5, 0.6) is 0 Å². The molecule has 1 N–H and O–H groups in total. The van der Waals surface area contributed by atoms with Gasteiger partial charge in [0.2, 0.25) is 0 Å². The highest BCUT2D eigenvalue weighted by molar-refractivity contribution is 4.69. The molecule has 0 aromatic rings. The van der Waals surface area contributed by atoms with Crippen LogP contribution in [0.15, 0.2) is 0 Å². The minimum absolute atomic E-state index is 0.306. The molecule has 0 unspecified atom stereocenters. The van der Waals surface area contributed by atoms with Gasteiger partial charge in [-0.05, 0) is 37.8 Å². The summed E-state index contributed by atoms with van der Waals surface area (Å²) in [5.41, 5.74) is 0.306. The van der Waals surface area contributed by atoms with Crippen LogP contribution in [-0.2, 0) is 4.74 Å². The van der Waals surface area contributed by atoms with Crippen molar-refractivity contribution in [2.45, 2.75) is 41.0 Å². The van der Waals surface area contributed by atoms with Crippen LogP contribution in [0.1, 0.15) is 41.0 Å². The summed E-state index contributed by atoms with van der Waals surface area (Å²) in [6.07, 6.45) is 1.18. The standard InChI is InChI=1S/C12H27NO/c1-6-14-10-12(4,5)7-8-13-9-11(2)3/h11,13H,6-10H2,1-5H3. The topological polar surface area (TPSA) is 21.3 Å². The highest BCUT2D eigenvalue weighted by atomic mass is 16.5. The van der Waals surface area contributed by atoms with Crippen LogP contribution in [0, 0.1) is 11.3 Å². The van der Waals surface area contributed by atoms with Crippen LogP contribution in [0.4, 0.5) is 0 Å². The van der Waals surface area contributed by atoms with E-state index in [4.69, 9.17) is 4.74 Å². The molecule has 0 atom stereocenters. The minimum Gasteiger partial charge on any atom is -0.381 e. The lowest BCUT2D eigenvalue weighted by molar-refractivity contribution is 0.0661. The molecule has 0 saturated heterocycles. The molecule has 2 heteroatoms. The lowest BCUT2D eigenvalue weighted by Crippen LogP contribution is -2.28. The van der Waals surface area contributed by atoms with Gasteiger partial charge in [-0.25, -0.2) is 0 Å². The van der Waals surface area contributed by atoms with Crippen LogP contribution in [0.25, 0.3) is 0 Å². The molecule has 0 radical (unpaired) electrons. The first-order valence-corrected chi connectivity index (χ1v) is 5.76. The van der Waals surface area contributed by atoms with Gasteiger partial charge in [-0.1, -0.05) is 27.7 Å². The fourth-order valence-corrected chi connectivity index (χ4v) is 1.27. The van der Waals surface area contributed by atoms with Gasteiger partial charge in [0.05, 0.1) is 6.61 Å². The molecule has 0 rings (SSSR count). The Bertz CT molecular complexity index is 132. The molecule has 0 aliphatic heterocycles. The molecule has 2 nitrogen and oxygen atoms in total. The summed E-state index contributed by atoms with van der Waals surface area (Å²) in [5, 5.41) is 3.46. The molecule has 0 bridgehead atoms. The van der Waals surface area contributed by atoms with Crippen molar-refractivity contribution in [3.63, 3.8) is 0 Å². The van der Waals surface area contributed by atoms with Crippen molar-refractivity contribution in [2.75, 3.05) is 26.3 Å². The van der Waals surface area contributed by atoms with E-state index in [9.17, 15) is 0 Å². The van der Waals surface area contributed by atoms with Gasteiger partial charge >= 0.3 is 0 Å². The SMILES string of the molecule is CCOCC(C)(C)CCNCC(C)C. The average Bonchev–Trinajstić information content (AvgIpc) is 2.09. The van der Waals surface area contributed by atoms with E-state index in [0.29, 0.717) is 5.41 Å². The zero-order valence-corrected chi connectivity index (χ0v) is 10.5. The molecule has 14 heavy (non-hydrogen) atoms. The Kier molecular flexibility index (Phi) is 7.20. The van der Waals surface area contributed by atoms with E-state index in [2.05, 4.69) is 33.0 Å². The third-order valence-electron chi connectivity index (χ3n) is 2.23. The Hall–Kier alpha value is -0.0800. The zero-order chi connectivity index (χ0) is 11.0. The molecule has 0 aliphatic carbocycles. The predicted octanol–water partition coefficient (Wildman–Crippen LogP) is 2.68. The summed E-state index contributed by atoms with van der Waals surface area (Å²) < 4.78 is 5.45. The van der Waals surface area contributed by atoms with Crippen molar-refractivity contribution in [3.05, 3.63) is 0 Å². The fourth-order valence-electron chi connectivity index (χ4n) is 1.27. The second-order valence-electron chi connectivity index (χ2n) is 5.15. The molecule has 0 amide bonds. The van der Waals surface area contributed by atoms with E-state index in [-0.39, 0.29) is 0 Å². The van der Waals surface area contributed by atoms with Crippen LogP contribution in [-0.4, -0.2) is 26.3 Å². The van der Waals surface area contributed by atoms with Gasteiger partial charge in [0.15, 0.2) is 0 Å². The van der Waals surface area contributed by atoms with E-state index in [1.165, 1.54) is 6.42 Å². The molecule has 0 fully saturated rings. The summed E-state index contributed by atoms with van der Waals surface area (Å²) in [6, 6.07) is 0. The van der Waals surface area contributed by atoms with Crippen molar-refractivity contribution in [2.24, 2.45) is 11.3 Å². The highest BCUT2D eigenvalue weighted by Gasteiger charge is 2.16. The third kappa shape index (κ3) is 8.52. The molecule has 0 aromatic carbocycles. The van der Waals surface area contributed by atoms with Crippen LogP contribution in [0.2, 0.25) is 0 Å². The van der Waals surface area contributed by atoms with Gasteiger partial charge in [0.1, 0.15) is 0 Å².